The van der Waals surface area contributed by atoms with Gasteiger partial charge in [-0.05, 0) is 39.7 Å². The van der Waals surface area contributed by atoms with Crippen molar-refractivity contribution < 1.29 is 19.2 Å². The third-order valence-corrected chi connectivity index (χ3v) is 4.41. The van der Waals surface area contributed by atoms with E-state index in [0.29, 0.717) is 5.75 Å². The molecule has 8 heteroatoms. The van der Waals surface area contributed by atoms with E-state index in [1.54, 1.807) is 18.0 Å². The maximum Gasteiger partial charge on any atom is 0.410 e. The fourth-order valence-corrected chi connectivity index (χ4v) is 3.02. The topological polar surface area (TPSA) is 85.2 Å². The highest BCUT2D eigenvalue weighted by atomic mass is 16.6. The lowest BCUT2D eigenvalue weighted by atomic mass is 10.0. The van der Waals surface area contributed by atoms with Gasteiger partial charge >= 0.3 is 6.09 Å². The highest BCUT2D eigenvalue weighted by Crippen LogP contribution is 2.34. The van der Waals surface area contributed by atoms with Gasteiger partial charge in [-0.2, -0.15) is 0 Å². The van der Waals surface area contributed by atoms with Crippen LogP contribution in [-0.4, -0.2) is 54.8 Å². The van der Waals surface area contributed by atoms with Crippen molar-refractivity contribution in [2.24, 2.45) is 0 Å². The first-order valence-corrected chi connectivity index (χ1v) is 8.65. The van der Waals surface area contributed by atoms with Crippen LogP contribution in [0.5, 0.6) is 5.75 Å². The van der Waals surface area contributed by atoms with Gasteiger partial charge in [0.05, 0.1) is 23.8 Å². The van der Waals surface area contributed by atoms with Gasteiger partial charge in [0.2, 0.25) is 0 Å². The van der Waals surface area contributed by atoms with Crippen molar-refractivity contribution in [3.05, 3.63) is 28.3 Å². The second-order valence-electron chi connectivity index (χ2n) is 7.42. The Morgan fingerprint density at radius 2 is 1.92 bits per heavy atom. The third kappa shape index (κ3) is 4.77. The molecule has 0 aromatic heterocycles. The molecule has 1 aliphatic heterocycles. The Hall–Kier alpha value is -2.51. The Morgan fingerprint density at radius 1 is 1.31 bits per heavy atom. The van der Waals surface area contributed by atoms with Gasteiger partial charge in [-0.25, -0.2) is 4.79 Å². The molecular weight excluding hydrogens is 338 g/mol. The number of hydrogen-bond donors (Lipinski definition) is 0. The minimum atomic E-state index is -0.516. The van der Waals surface area contributed by atoms with Crippen molar-refractivity contribution in [2.75, 3.05) is 32.1 Å². The van der Waals surface area contributed by atoms with Gasteiger partial charge in [0.15, 0.2) is 0 Å². The number of carbonyl (C=O) groups excluding carboxylic acids is 1. The second-order valence-corrected chi connectivity index (χ2v) is 7.42. The average Bonchev–Trinajstić information content (AvgIpc) is 2.59. The predicted octanol–water partition coefficient (Wildman–Crippen LogP) is 3.44. The first kappa shape index (κ1) is 19.8. The highest BCUT2D eigenvalue weighted by molar-refractivity contribution is 5.68. The molecule has 0 unspecified atom stereocenters. The number of nitro groups is 1. The highest BCUT2D eigenvalue weighted by Gasteiger charge is 2.29. The van der Waals surface area contributed by atoms with E-state index in [1.165, 1.54) is 19.2 Å². The monoisotopic (exact) mass is 365 g/mol. The van der Waals surface area contributed by atoms with Crippen LogP contribution < -0.4 is 9.64 Å². The fourth-order valence-electron chi connectivity index (χ4n) is 3.02. The predicted molar refractivity (Wildman–Crippen MR) is 98.9 cm³/mol. The molecule has 144 valence electrons. The van der Waals surface area contributed by atoms with E-state index >= 15 is 0 Å². The minimum Gasteiger partial charge on any atom is -0.494 e. The summed E-state index contributed by atoms with van der Waals surface area (Å²) in [6.07, 6.45) is 1.26. The number of methoxy groups -OCH3 is 1. The molecule has 1 aromatic carbocycles. The van der Waals surface area contributed by atoms with Gasteiger partial charge < -0.3 is 19.3 Å². The SMILES string of the molecule is COc1cc([N+](=O)[O-])ccc1N1CCC(N(C)C(=O)OC(C)(C)C)CC1. The number of piperidine rings is 1. The lowest BCUT2D eigenvalue weighted by molar-refractivity contribution is -0.384. The Bertz CT molecular complexity index is 663. The number of amides is 1. The number of nitrogens with zero attached hydrogens (tertiary/aromatic N) is 3. The summed E-state index contributed by atoms with van der Waals surface area (Å²) in [5.74, 6) is 0.484. The van der Waals surface area contributed by atoms with Crippen LogP contribution in [0.2, 0.25) is 0 Å². The van der Waals surface area contributed by atoms with E-state index in [1.807, 2.05) is 20.8 Å². The van der Waals surface area contributed by atoms with Crippen LogP contribution in [-0.2, 0) is 4.74 Å². The molecule has 0 spiro atoms. The summed E-state index contributed by atoms with van der Waals surface area (Å²) in [4.78, 5) is 26.5. The molecule has 2 rings (SSSR count). The third-order valence-electron chi connectivity index (χ3n) is 4.41. The summed E-state index contributed by atoms with van der Waals surface area (Å²) in [5, 5.41) is 10.9. The summed E-state index contributed by atoms with van der Waals surface area (Å²) < 4.78 is 10.8. The molecule has 0 bridgehead atoms. The zero-order valence-corrected chi connectivity index (χ0v) is 16.0. The van der Waals surface area contributed by atoms with Crippen LogP contribution in [0.1, 0.15) is 33.6 Å². The standard InChI is InChI=1S/C18H27N3O5/c1-18(2,3)26-17(22)19(4)13-8-10-20(11-9-13)15-7-6-14(21(23)24)12-16(15)25-5/h6-7,12-13H,8-11H2,1-5H3. The van der Waals surface area contributed by atoms with Crippen LogP contribution in [0.3, 0.4) is 0 Å². The van der Waals surface area contributed by atoms with E-state index in [0.717, 1.165) is 31.6 Å². The number of hydrogen-bond acceptors (Lipinski definition) is 6. The van der Waals surface area contributed by atoms with Crippen LogP contribution in [0.4, 0.5) is 16.2 Å². The van der Waals surface area contributed by atoms with Crippen molar-refractivity contribution in [1.82, 2.24) is 4.90 Å². The first-order valence-electron chi connectivity index (χ1n) is 8.65. The molecule has 0 aliphatic carbocycles. The number of carbonyl (C=O) groups is 1. The van der Waals surface area contributed by atoms with E-state index in [2.05, 4.69) is 4.90 Å². The Balaban J connectivity index is 2.02. The van der Waals surface area contributed by atoms with E-state index in [4.69, 9.17) is 9.47 Å². The molecule has 0 atom stereocenters. The van der Waals surface area contributed by atoms with Gasteiger partial charge in [-0.15, -0.1) is 0 Å². The van der Waals surface area contributed by atoms with Gasteiger partial charge in [0, 0.05) is 32.2 Å². The molecule has 1 aliphatic rings. The summed E-state index contributed by atoms with van der Waals surface area (Å²) in [5.41, 5.74) is 0.319. The molecule has 1 fully saturated rings. The molecule has 0 radical (unpaired) electrons. The molecular formula is C18H27N3O5. The van der Waals surface area contributed by atoms with Gasteiger partial charge in [0.1, 0.15) is 11.4 Å². The first-order chi connectivity index (χ1) is 12.1. The maximum atomic E-state index is 12.2. The van der Waals surface area contributed by atoms with Crippen LogP contribution in [0.25, 0.3) is 0 Å². The minimum absolute atomic E-state index is 0.00476. The number of non-ortho nitro benzene ring substituents is 1. The molecule has 0 N–H and O–H groups in total. The summed E-state index contributed by atoms with van der Waals surface area (Å²) >= 11 is 0. The smallest absolute Gasteiger partial charge is 0.410 e. The van der Waals surface area contributed by atoms with Gasteiger partial charge in [0.25, 0.3) is 5.69 Å². The summed E-state index contributed by atoms with van der Waals surface area (Å²) in [6, 6.07) is 4.74. The van der Waals surface area contributed by atoms with Crippen LogP contribution >= 0.6 is 0 Å². The number of ether oxygens (including phenoxy) is 2. The van der Waals surface area contributed by atoms with E-state index in [9.17, 15) is 14.9 Å². The molecule has 1 heterocycles. The lowest BCUT2D eigenvalue weighted by Crippen LogP contribution is -2.47. The Labute approximate surface area is 153 Å². The molecule has 1 saturated heterocycles. The van der Waals surface area contributed by atoms with Crippen LogP contribution in [0.15, 0.2) is 18.2 Å². The zero-order chi connectivity index (χ0) is 19.5. The fraction of sp³-hybridized carbons (Fsp3) is 0.611. The van der Waals surface area contributed by atoms with Crippen molar-refractivity contribution in [3.63, 3.8) is 0 Å². The molecule has 1 aromatic rings. The van der Waals surface area contributed by atoms with E-state index in [-0.39, 0.29) is 17.8 Å². The Morgan fingerprint density at radius 3 is 2.42 bits per heavy atom. The van der Waals surface area contributed by atoms with Crippen molar-refractivity contribution >= 4 is 17.5 Å². The van der Waals surface area contributed by atoms with Crippen molar-refractivity contribution in [2.45, 2.75) is 45.3 Å². The lowest BCUT2D eigenvalue weighted by Gasteiger charge is -2.38. The summed E-state index contributed by atoms with van der Waals surface area (Å²) in [6.45, 7) is 7.00. The normalized spacial score (nSPS) is 15.5. The largest absolute Gasteiger partial charge is 0.494 e. The van der Waals surface area contributed by atoms with Crippen molar-refractivity contribution in [3.8, 4) is 5.75 Å². The number of rotatable bonds is 4. The van der Waals surface area contributed by atoms with Gasteiger partial charge in [-0.1, -0.05) is 0 Å². The van der Waals surface area contributed by atoms with E-state index < -0.39 is 10.5 Å². The molecule has 26 heavy (non-hydrogen) atoms. The zero-order valence-electron chi connectivity index (χ0n) is 16.0. The van der Waals surface area contributed by atoms with Crippen molar-refractivity contribution in [1.29, 1.82) is 0 Å². The maximum absolute atomic E-state index is 12.2. The second kappa shape index (κ2) is 7.80. The molecule has 0 saturated carbocycles. The quantitative estimate of drug-likeness (QED) is 0.600. The Kier molecular flexibility index (Phi) is 5.94. The molecule has 8 nitrogen and oxygen atoms in total. The average molecular weight is 365 g/mol. The van der Waals surface area contributed by atoms with Gasteiger partial charge in [-0.3, -0.25) is 10.1 Å². The number of benzene rings is 1. The number of nitro benzene ring substituents is 1. The summed E-state index contributed by atoms with van der Waals surface area (Å²) in [7, 11) is 3.27. The number of anilines is 1. The molecule has 1 amide bonds. The van der Waals surface area contributed by atoms with Crippen LogP contribution in [0, 0.1) is 10.1 Å².